The molecule has 33 heavy (non-hydrogen) atoms. The molecule has 0 spiro atoms. The summed E-state index contributed by atoms with van der Waals surface area (Å²) in [6.45, 7) is 1.88. The zero-order valence-corrected chi connectivity index (χ0v) is 18.2. The first kappa shape index (κ1) is 22.2. The summed E-state index contributed by atoms with van der Waals surface area (Å²) >= 11 is 0. The van der Waals surface area contributed by atoms with E-state index in [0.29, 0.717) is 28.6 Å². The first-order valence-corrected chi connectivity index (χ1v) is 10.6. The molecule has 1 aliphatic heterocycles. The topological polar surface area (TPSA) is 91.3 Å². The molecule has 0 amide bonds. The van der Waals surface area contributed by atoms with Gasteiger partial charge in [0.25, 0.3) is 0 Å². The van der Waals surface area contributed by atoms with E-state index in [-0.39, 0.29) is 32.0 Å². The van der Waals surface area contributed by atoms with E-state index in [4.69, 9.17) is 24.1 Å². The lowest BCUT2D eigenvalue weighted by molar-refractivity contribution is -0.137. The first-order valence-electron chi connectivity index (χ1n) is 10.6. The Hall–Kier alpha value is -4.00. The summed E-state index contributed by atoms with van der Waals surface area (Å²) < 4.78 is 23.1. The van der Waals surface area contributed by atoms with Crippen molar-refractivity contribution in [3.63, 3.8) is 0 Å². The van der Waals surface area contributed by atoms with Crippen molar-refractivity contribution in [3.05, 3.63) is 83.4 Å². The fraction of sp³-hybridized carbons (Fsp3) is 0.231. The molecule has 1 heterocycles. The monoisotopic (exact) mass is 448 g/mol. The zero-order valence-electron chi connectivity index (χ0n) is 18.2. The number of para-hydroxylation sites is 1. The maximum atomic E-state index is 12.2. The molecular weight excluding hydrogens is 424 g/mol. The highest BCUT2D eigenvalue weighted by Gasteiger charge is 2.20. The molecule has 1 atom stereocenters. The van der Waals surface area contributed by atoms with Crippen molar-refractivity contribution in [2.45, 2.75) is 32.5 Å². The van der Waals surface area contributed by atoms with Gasteiger partial charge in [-0.2, -0.15) is 0 Å². The van der Waals surface area contributed by atoms with Gasteiger partial charge >= 0.3 is 5.97 Å². The van der Waals surface area contributed by atoms with Crippen molar-refractivity contribution >= 4 is 11.8 Å². The molecule has 1 N–H and O–H groups in total. The third kappa shape index (κ3) is 5.44. The average molecular weight is 448 g/mol. The maximum Gasteiger partial charge on any atom is 0.303 e. The number of hydrogen-bond acceptors (Lipinski definition) is 6. The van der Waals surface area contributed by atoms with Gasteiger partial charge in [0.1, 0.15) is 24.2 Å². The molecule has 0 fully saturated rings. The van der Waals surface area contributed by atoms with Crippen molar-refractivity contribution in [3.8, 4) is 23.0 Å². The van der Waals surface area contributed by atoms with Crippen molar-refractivity contribution in [1.82, 2.24) is 0 Å². The Morgan fingerprint density at radius 3 is 2.61 bits per heavy atom. The van der Waals surface area contributed by atoms with E-state index < -0.39 is 12.1 Å². The van der Waals surface area contributed by atoms with Gasteiger partial charge in [0, 0.05) is 18.1 Å². The van der Waals surface area contributed by atoms with Crippen molar-refractivity contribution in [2.24, 2.45) is 0 Å². The van der Waals surface area contributed by atoms with Crippen LogP contribution in [0.3, 0.4) is 0 Å². The lowest BCUT2D eigenvalue weighted by Crippen LogP contribution is -2.12. The molecule has 3 aromatic rings. The lowest BCUT2D eigenvalue weighted by Gasteiger charge is -2.21. The summed E-state index contributed by atoms with van der Waals surface area (Å²) in [6.07, 6.45) is -0.333. The minimum Gasteiger partial charge on any atom is -0.489 e. The van der Waals surface area contributed by atoms with Crippen LogP contribution in [0.1, 0.15) is 47.4 Å². The van der Waals surface area contributed by atoms with Gasteiger partial charge in [0.05, 0.1) is 5.56 Å². The second-order valence-electron chi connectivity index (χ2n) is 7.60. The van der Waals surface area contributed by atoms with Crippen LogP contribution in [0, 0.1) is 0 Å². The van der Waals surface area contributed by atoms with E-state index in [0.717, 1.165) is 11.1 Å². The fourth-order valence-corrected chi connectivity index (χ4v) is 3.62. The molecular formula is C26H24O7. The standard InChI is InChI=1S/C26H24O7/c1-17(27)21-11-10-20(30-15-19-8-5-9-23-26(19)32-16-31-23)14-24(21)33-22(12-13-25(28)29)18-6-3-2-4-7-18/h2-11,14,22H,12-13,15-16H2,1H3,(H,28,29). The lowest BCUT2D eigenvalue weighted by atomic mass is 10.0. The molecule has 7 nitrogen and oxygen atoms in total. The van der Waals surface area contributed by atoms with Gasteiger partial charge in [-0.15, -0.1) is 0 Å². The van der Waals surface area contributed by atoms with Crippen molar-refractivity contribution in [1.29, 1.82) is 0 Å². The molecule has 7 heteroatoms. The molecule has 0 saturated carbocycles. The number of carboxylic acid groups (broad SMARTS) is 1. The first-order chi connectivity index (χ1) is 16.0. The minimum absolute atomic E-state index is 0.0631. The quantitative estimate of drug-likeness (QED) is 0.427. The smallest absolute Gasteiger partial charge is 0.303 e. The maximum absolute atomic E-state index is 12.2. The van der Waals surface area contributed by atoms with Gasteiger partial charge < -0.3 is 24.1 Å². The van der Waals surface area contributed by atoms with E-state index in [1.54, 1.807) is 18.2 Å². The highest BCUT2D eigenvalue weighted by Crippen LogP contribution is 2.37. The average Bonchev–Trinajstić information content (AvgIpc) is 3.30. The molecule has 170 valence electrons. The number of carbonyl (C=O) groups is 2. The Morgan fingerprint density at radius 1 is 1.03 bits per heavy atom. The van der Waals surface area contributed by atoms with Crippen molar-refractivity contribution in [2.75, 3.05) is 6.79 Å². The van der Waals surface area contributed by atoms with Crippen LogP contribution in [-0.4, -0.2) is 23.7 Å². The normalized spacial score (nSPS) is 12.8. The van der Waals surface area contributed by atoms with Crippen LogP contribution in [0.5, 0.6) is 23.0 Å². The predicted molar refractivity (Wildman–Crippen MR) is 120 cm³/mol. The number of rotatable bonds is 10. The van der Waals surface area contributed by atoms with Crippen LogP contribution in [0.15, 0.2) is 66.7 Å². The Labute approximate surface area is 191 Å². The number of aliphatic carboxylic acids is 1. The number of ketones is 1. The summed E-state index contributed by atoms with van der Waals surface area (Å²) in [6, 6.07) is 20.0. The number of benzene rings is 3. The number of hydrogen-bond donors (Lipinski definition) is 1. The van der Waals surface area contributed by atoms with Gasteiger partial charge in [-0.1, -0.05) is 42.5 Å². The van der Waals surface area contributed by atoms with Gasteiger partial charge in [0.2, 0.25) is 6.79 Å². The highest BCUT2D eigenvalue weighted by atomic mass is 16.7. The summed E-state index contributed by atoms with van der Waals surface area (Å²) in [7, 11) is 0. The second-order valence-corrected chi connectivity index (χ2v) is 7.60. The molecule has 0 radical (unpaired) electrons. The molecule has 0 aliphatic carbocycles. The molecule has 3 aromatic carbocycles. The summed E-state index contributed by atoms with van der Waals surface area (Å²) in [5, 5.41) is 9.16. The Morgan fingerprint density at radius 2 is 1.85 bits per heavy atom. The van der Waals surface area contributed by atoms with Crippen LogP contribution >= 0.6 is 0 Å². The summed E-state index contributed by atoms with van der Waals surface area (Å²) in [4.78, 5) is 23.4. The number of carboxylic acids is 1. The molecule has 0 saturated heterocycles. The van der Waals surface area contributed by atoms with Crippen LogP contribution in [0.4, 0.5) is 0 Å². The number of carbonyl (C=O) groups excluding carboxylic acids is 1. The molecule has 1 aliphatic rings. The van der Waals surface area contributed by atoms with Crippen LogP contribution < -0.4 is 18.9 Å². The number of Topliss-reactive ketones (excluding diaryl/α,β-unsaturated/α-hetero) is 1. The summed E-state index contributed by atoms with van der Waals surface area (Å²) in [5.74, 6) is 1.12. The fourth-order valence-electron chi connectivity index (χ4n) is 3.62. The molecule has 4 rings (SSSR count). The second kappa shape index (κ2) is 10.1. The van der Waals surface area contributed by atoms with Gasteiger partial charge in [0.15, 0.2) is 17.3 Å². The number of fused-ring (bicyclic) bond motifs is 1. The Balaban J connectivity index is 1.57. The van der Waals surface area contributed by atoms with E-state index >= 15 is 0 Å². The van der Waals surface area contributed by atoms with Crippen LogP contribution in [0.25, 0.3) is 0 Å². The number of ether oxygens (including phenoxy) is 4. The van der Waals surface area contributed by atoms with E-state index in [1.165, 1.54) is 6.92 Å². The van der Waals surface area contributed by atoms with E-state index in [2.05, 4.69) is 0 Å². The molecule has 0 aromatic heterocycles. The van der Waals surface area contributed by atoms with Gasteiger partial charge in [-0.25, -0.2) is 0 Å². The van der Waals surface area contributed by atoms with E-state index in [1.807, 2.05) is 48.5 Å². The molecule has 1 unspecified atom stereocenters. The third-order valence-electron chi connectivity index (χ3n) is 5.27. The summed E-state index contributed by atoms with van der Waals surface area (Å²) in [5.41, 5.74) is 2.07. The Bertz CT molecular complexity index is 1140. The minimum atomic E-state index is -0.912. The van der Waals surface area contributed by atoms with Gasteiger partial charge in [-0.3, -0.25) is 9.59 Å². The molecule has 0 bridgehead atoms. The predicted octanol–water partition coefficient (Wildman–Crippen LogP) is 5.18. The zero-order chi connectivity index (χ0) is 23.2. The Kier molecular flexibility index (Phi) is 6.78. The third-order valence-corrected chi connectivity index (χ3v) is 5.27. The highest BCUT2D eigenvalue weighted by molar-refractivity contribution is 5.97. The van der Waals surface area contributed by atoms with Crippen molar-refractivity contribution < 1.29 is 33.6 Å². The van der Waals surface area contributed by atoms with Crippen LogP contribution in [-0.2, 0) is 11.4 Å². The largest absolute Gasteiger partial charge is 0.489 e. The van der Waals surface area contributed by atoms with E-state index in [9.17, 15) is 9.59 Å². The van der Waals surface area contributed by atoms with Gasteiger partial charge in [-0.05, 0) is 37.1 Å². The van der Waals surface area contributed by atoms with Crippen LogP contribution in [0.2, 0.25) is 0 Å². The SMILES string of the molecule is CC(=O)c1ccc(OCc2cccc3c2OCO3)cc1OC(CCC(=O)O)c1ccccc1.